The molecular formula is C10H16N2O2S. The number of likely N-dealkylation sites (N-methyl/N-ethyl adjacent to an activating group) is 1. The Hall–Kier alpha value is -0.910. The first-order valence-corrected chi connectivity index (χ1v) is 5.75. The van der Waals surface area contributed by atoms with Crippen LogP contribution >= 0.6 is 11.3 Å². The first kappa shape index (κ1) is 12.2. The summed E-state index contributed by atoms with van der Waals surface area (Å²) >= 11 is 1.52. The number of nitrogens with zero attached hydrogens (tertiary/aromatic N) is 1. The average Bonchev–Trinajstić information content (AvgIpc) is 2.65. The fourth-order valence-corrected chi connectivity index (χ4v) is 2.22. The number of hydrogen-bond acceptors (Lipinski definition) is 4. The first-order valence-electron chi connectivity index (χ1n) is 4.87. The van der Waals surface area contributed by atoms with Crippen molar-refractivity contribution < 1.29 is 9.90 Å². The number of aliphatic hydroxyl groups excluding tert-OH is 1. The predicted octanol–water partition coefficient (Wildman–Crippen LogP) is 0.661. The minimum Gasteiger partial charge on any atom is -0.395 e. The zero-order valence-corrected chi connectivity index (χ0v) is 9.59. The van der Waals surface area contributed by atoms with Gasteiger partial charge in [0, 0.05) is 23.3 Å². The number of amides is 1. The zero-order chi connectivity index (χ0) is 11.3. The van der Waals surface area contributed by atoms with Gasteiger partial charge in [-0.25, -0.2) is 0 Å². The lowest BCUT2D eigenvalue weighted by Gasteiger charge is -2.17. The molecular weight excluding hydrogens is 212 g/mol. The number of aliphatic hydroxyl groups is 1. The summed E-state index contributed by atoms with van der Waals surface area (Å²) in [4.78, 5) is 14.1. The van der Waals surface area contributed by atoms with Crippen molar-refractivity contribution in [1.29, 1.82) is 0 Å². The predicted molar refractivity (Wildman–Crippen MR) is 60.9 cm³/mol. The first-order chi connectivity index (χ1) is 7.17. The molecule has 0 aliphatic heterocycles. The number of thiophene rings is 1. The molecule has 0 unspecified atom stereocenters. The Morgan fingerprint density at radius 1 is 1.67 bits per heavy atom. The Morgan fingerprint density at radius 3 is 2.87 bits per heavy atom. The summed E-state index contributed by atoms with van der Waals surface area (Å²) in [5, 5.41) is 10.6. The molecule has 0 aliphatic carbocycles. The third-order valence-corrected chi connectivity index (χ3v) is 3.10. The van der Waals surface area contributed by atoms with Crippen molar-refractivity contribution in [3.8, 4) is 0 Å². The van der Waals surface area contributed by atoms with E-state index in [0.29, 0.717) is 12.1 Å². The summed E-state index contributed by atoms with van der Waals surface area (Å²) in [6.45, 7) is 4.49. The largest absolute Gasteiger partial charge is 0.395 e. The van der Waals surface area contributed by atoms with Crippen LogP contribution in [-0.4, -0.2) is 35.6 Å². The molecule has 3 N–H and O–H groups in total. The Kier molecular flexibility index (Phi) is 4.74. The highest BCUT2D eigenvalue weighted by Gasteiger charge is 2.07. The van der Waals surface area contributed by atoms with Gasteiger partial charge in [-0.2, -0.15) is 0 Å². The Morgan fingerprint density at radius 2 is 2.40 bits per heavy atom. The van der Waals surface area contributed by atoms with Crippen LogP contribution in [-0.2, 0) is 6.54 Å². The SMILES string of the molecule is CCN(CCO)Cc1cc(C(N)=O)cs1. The number of hydrogen-bond donors (Lipinski definition) is 2. The molecule has 0 aromatic carbocycles. The van der Waals surface area contributed by atoms with Gasteiger partial charge in [0.2, 0.25) is 5.91 Å². The van der Waals surface area contributed by atoms with Crippen molar-refractivity contribution in [3.05, 3.63) is 21.9 Å². The third-order valence-electron chi connectivity index (χ3n) is 2.18. The van der Waals surface area contributed by atoms with Crippen molar-refractivity contribution in [2.75, 3.05) is 19.7 Å². The highest BCUT2D eigenvalue weighted by atomic mass is 32.1. The highest BCUT2D eigenvalue weighted by molar-refractivity contribution is 7.10. The van der Waals surface area contributed by atoms with Crippen molar-refractivity contribution in [1.82, 2.24) is 4.90 Å². The van der Waals surface area contributed by atoms with E-state index in [0.717, 1.165) is 18.0 Å². The molecule has 0 atom stereocenters. The molecule has 0 saturated heterocycles. The molecule has 0 aliphatic rings. The second-order valence-electron chi connectivity index (χ2n) is 3.26. The maximum Gasteiger partial charge on any atom is 0.249 e. The molecule has 1 rings (SSSR count). The van der Waals surface area contributed by atoms with E-state index in [1.54, 1.807) is 5.38 Å². The third kappa shape index (κ3) is 3.62. The monoisotopic (exact) mass is 228 g/mol. The number of primary amides is 1. The molecule has 1 aromatic heterocycles. The van der Waals surface area contributed by atoms with Gasteiger partial charge in [0.15, 0.2) is 0 Å². The lowest BCUT2D eigenvalue weighted by molar-refractivity contribution is 0.100. The zero-order valence-electron chi connectivity index (χ0n) is 8.77. The molecule has 15 heavy (non-hydrogen) atoms. The minimum atomic E-state index is -0.386. The van der Waals surface area contributed by atoms with E-state index >= 15 is 0 Å². The van der Waals surface area contributed by atoms with Gasteiger partial charge in [-0.3, -0.25) is 9.69 Å². The Bertz CT molecular complexity index is 325. The van der Waals surface area contributed by atoms with Crippen LogP contribution in [0.15, 0.2) is 11.4 Å². The van der Waals surface area contributed by atoms with Gasteiger partial charge in [0.1, 0.15) is 0 Å². The molecule has 4 nitrogen and oxygen atoms in total. The molecule has 1 aromatic rings. The molecule has 0 bridgehead atoms. The Balaban J connectivity index is 2.59. The molecule has 84 valence electrons. The fraction of sp³-hybridized carbons (Fsp3) is 0.500. The molecule has 1 amide bonds. The van der Waals surface area contributed by atoms with Crippen molar-refractivity contribution in [2.24, 2.45) is 5.73 Å². The van der Waals surface area contributed by atoms with E-state index < -0.39 is 0 Å². The van der Waals surface area contributed by atoms with Crippen LogP contribution in [0.4, 0.5) is 0 Å². The van der Waals surface area contributed by atoms with Crippen molar-refractivity contribution >= 4 is 17.2 Å². The molecule has 0 saturated carbocycles. The summed E-state index contributed by atoms with van der Waals surface area (Å²) in [6, 6.07) is 1.81. The lowest BCUT2D eigenvalue weighted by Crippen LogP contribution is -2.25. The normalized spacial score (nSPS) is 10.9. The van der Waals surface area contributed by atoms with Crippen LogP contribution in [0.25, 0.3) is 0 Å². The summed E-state index contributed by atoms with van der Waals surface area (Å²) in [7, 11) is 0. The fourth-order valence-electron chi connectivity index (χ4n) is 1.30. The topological polar surface area (TPSA) is 66.6 Å². The van der Waals surface area contributed by atoms with Gasteiger partial charge in [0.25, 0.3) is 0 Å². The van der Waals surface area contributed by atoms with E-state index in [1.807, 2.05) is 13.0 Å². The highest BCUT2D eigenvalue weighted by Crippen LogP contribution is 2.16. The quantitative estimate of drug-likeness (QED) is 0.751. The maximum absolute atomic E-state index is 10.9. The number of carbonyl (C=O) groups is 1. The van der Waals surface area contributed by atoms with Crippen LogP contribution in [0.5, 0.6) is 0 Å². The van der Waals surface area contributed by atoms with E-state index in [4.69, 9.17) is 10.8 Å². The van der Waals surface area contributed by atoms with Crippen LogP contribution < -0.4 is 5.73 Å². The number of nitrogens with two attached hydrogens (primary N) is 1. The summed E-state index contributed by atoms with van der Waals surface area (Å²) in [5.41, 5.74) is 5.73. The van der Waals surface area contributed by atoms with Crippen molar-refractivity contribution in [2.45, 2.75) is 13.5 Å². The summed E-state index contributed by atoms with van der Waals surface area (Å²) in [6.07, 6.45) is 0. The van der Waals surface area contributed by atoms with Crippen LogP contribution in [0.1, 0.15) is 22.2 Å². The number of carbonyl (C=O) groups excluding carboxylic acids is 1. The van der Waals surface area contributed by atoms with E-state index in [1.165, 1.54) is 11.3 Å². The molecule has 1 heterocycles. The van der Waals surface area contributed by atoms with E-state index in [-0.39, 0.29) is 12.5 Å². The molecule has 0 fully saturated rings. The minimum absolute atomic E-state index is 0.155. The van der Waals surface area contributed by atoms with E-state index in [2.05, 4.69) is 4.90 Å². The van der Waals surface area contributed by atoms with Crippen LogP contribution in [0.2, 0.25) is 0 Å². The molecule has 5 heteroatoms. The summed E-state index contributed by atoms with van der Waals surface area (Å²) in [5.74, 6) is -0.386. The van der Waals surface area contributed by atoms with Gasteiger partial charge in [-0.1, -0.05) is 6.92 Å². The Labute approximate surface area is 93.3 Å². The smallest absolute Gasteiger partial charge is 0.249 e. The van der Waals surface area contributed by atoms with Gasteiger partial charge >= 0.3 is 0 Å². The molecule has 0 radical (unpaired) electrons. The van der Waals surface area contributed by atoms with Crippen LogP contribution in [0, 0.1) is 0 Å². The lowest BCUT2D eigenvalue weighted by atomic mass is 10.3. The second kappa shape index (κ2) is 5.85. The van der Waals surface area contributed by atoms with Gasteiger partial charge in [-0.05, 0) is 12.6 Å². The van der Waals surface area contributed by atoms with Gasteiger partial charge < -0.3 is 10.8 Å². The van der Waals surface area contributed by atoms with Gasteiger partial charge in [-0.15, -0.1) is 11.3 Å². The summed E-state index contributed by atoms with van der Waals surface area (Å²) < 4.78 is 0. The maximum atomic E-state index is 10.9. The van der Waals surface area contributed by atoms with Crippen molar-refractivity contribution in [3.63, 3.8) is 0 Å². The van der Waals surface area contributed by atoms with Crippen LogP contribution in [0.3, 0.4) is 0 Å². The molecule has 0 spiro atoms. The van der Waals surface area contributed by atoms with E-state index in [9.17, 15) is 4.79 Å². The van der Waals surface area contributed by atoms with Gasteiger partial charge in [0.05, 0.1) is 12.2 Å². The second-order valence-corrected chi connectivity index (χ2v) is 4.25. The number of rotatable bonds is 6. The standard InChI is InChI=1S/C10H16N2O2S/c1-2-12(3-4-13)6-9-5-8(7-15-9)10(11)14/h5,7,13H,2-4,6H2,1H3,(H2,11,14). The average molecular weight is 228 g/mol.